The Kier molecular flexibility index (Phi) is 8.02. The lowest BCUT2D eigenvalue weighted by Gasteiger charge is -2.42. The molecule has 4 aliphatic carbocycles. The van der Waals surface area contributed by atoms with E-state index in [1.54, 1.807) is 0 Å². The summed E-state index contributed by atoms with van der Waals surface area (Å²) < 4.78 is 25.2. The lowest BCUT2D eigenvalue weighted by Crippen LogP contribution is -2.55. The van der Waals surface area contributed by atoms with Gasteiger partial charge in [0.1, 0.15) is 0 Å². The van der Waals surface area contributed by atoms with Crippen molar-refractivity contribution in [2.75, 3.05) is 18.8 Å². The lowest BCUT2D eigenvalue weighted by atomic mass is 9.83. The molecule has 1 atom stereocenters. The van der Waals surface area contributed by atoms with Gasteiger partial charge in [0.15, 0.2) is 9.84 Å². The Labute approximate surface area is 217 Å². The number of hydrogen-bond acceptors (Lipinski definition) is 5. The Morgan fingerprint density at radius 1 is 0.917 bits per heavy atom. The van der Waals surface area contributed by atoms with Gasteiger partial charge < -0.3 is 15.5 Å². The molecule has 2 amide bonds. The summed E-state index contributed by atoms with van der Waals surface area (Å²) in [5.41, 5.74) is 0.0576. The zero-order chi connectivity index (χ0) is 25.3. The predicted molar refractivity (Wildman–Crippen MR) is 141 cm³/mol. The predicted octanol–water partition coefficient (Wildman–Crippen LogP) is 3.57. The molecule has 2 N–H and O–H groups in total. The standard InChI is InChI=1S/C28H47N3O4S/c1-28(14-15-28)31(24-3-2-16-29-18-24)27(33)22-8-10-23(11-9-22)30-26(32)17-20-6-12-25(13-7-20)36(34,35)19-21-4-5-21/h20-25,29H,2-19H2,1H3,(H,30,32). The van der Waals surface area contributed by atoms with Gasteiger partial charge in [-0.1, -0.05) is 0 Å². The first kappa shape index (κ1) is 26.5. The van der Waals surface area contributed by atoms with Gasteiger partial charge in [0.05, 0.1) is 11.0 Å². The van der Waals surface area contributed by atoms with Gasteiger partial charge in [-0.25, -0.2) is 8.42 Å². The fraction of sp³-hybridized carbons (Fsp3) is 0.929. The molecule has 1 saturated heterocycles. The molecule has 0 bridgehead atoms. The van der Waals surface area contributed by atoms with Crippen molar-refractivity contribution >= 4 is 21.7 Å². The summed E-state index contributed by atoms with van der Waals surface area (Å²) >= 11 is 0. The van der Waals surface area contributed by atoms with Gasteiger partial charge >= 0.3 is 0 Å². The number of nitrogens with one attached hydrogen (secondary N) is 2. The monoisotopic (exact) mass is 521 g/mol. The molecule has 4 saturated carbocycles. The number of hydrogen-bond donors (Lipinski definition) is 2. The first-order valence-electron chi connectivity index (χ1n) is 14.8. The van der Waals surface area contributed by atoms with Gasteiger partial charge in [-0.2, -0.15) is 0 Å². The molecule has 0 aromatic rings. The molecule has 7 nitrogen and oxygen atoms in total. The summed E-state index contributed by atoms with van der Waals surface area (Å²) in [6, 6.07) is 0.494. The van der Waals surface area contributed by atoms with Crippen LogP contribution in [0.1, 0.15) is 103 Å². The van der Waals surface area contributed by atoms with Crippen molar-refractivity contribution in [3.8, 4) is 0 Å². The van der Waals surface area contributed by atoms with Crippen molar-refractivity contribution in [2.24, 2.45) is 17.8 Å². The number of piperidine rings is 1. The second kappa shape index (κ2) is 10.9. The maximum absolute atomic E-state index is 13.6. The molecule has 0 spiro atoms. The molecule has 1 unspecified atom stereocenters. The quantitative estimate of drug-likeness (QED) is 0.484. The summed E-state index contributed by atoms with van der Waals surface area (Å²) in [4.78, 5) is 28.6. The topological polar surface area (TPSA) is 95.6 Å². The normalized spacial score (nSPS) is 34.5. The van der Waals surface area contributed by atoms with Crippen LogP contribution in [0, 0.1) is 17.8 Å². The molecular weight excluding hydrogens is 474 g/mol. The molecule has 36 heavy (non-hydrogen) atoms. The second-order valence-electron chi connectivity index (χ2n) is 12.9. The van der Waals surface area contributed by atoms with E-state index in [0.29, 0.717) is 48.8 Å². The summed E-state index contributed by atoms with van der Waals surface area (Å²) in [6.07, 6.45) is 13.7. The minimum atomic E-state index is -2.96. The van der Waals surface area contributed by atoms with Crippen molar-refractivity contribution in [1.82, 2.24) is 15.5 Å². The van der Waals surface area contributed by atoms with Crippen LogP contribution in [-0.4, -0.2) is 66.8 Å². The van der Waals surface area contributed by atoms with E-state index in [2.05, 4.69) is 22.5 Å². The van der Waals surface area contributed by atoms with Crippen LogP contribution >= 0.6 is 0 Å². The van der Waals surface area contributed by atoms with E-state index in [0.717, 1.165) is 90.1 Å². The highest BCUT2D eigenvalue weighted by atomic mass is 32.2. The van der Waals surface area contributed by atoms with E-state index >= 15 is 0 Å². The van der Waals surface area contributed by atoms with Crippen molar-refractivity contribution < 1.29 is 18.0 Å². The van der Waals surface area contributed by atoms with E-state index in [1.807, 2.05) is 0 Å². The average Bonchev–Trinajstić information content (AvgIpc) is 3.80. The molecule has 5 fully saturated rings. The lowest BCUT2D eigenvalue weighted by molar-refractivity contribution is -0.143. The minimum Gasteiger partial charge on any atom is -0.353 e. The van der Waals surface area contributed by atoms with Crippen LogP contribution in [0.2, 0.25) is 0 Å². The van der Waals surface area contributed by atoms with Gasteiger partial charge in [-0.3, -0.25) is 9.59 Å². The third kappa shape index (κ3) is 6.46. The number of carbonyl (C=O) groups excluding carboxylic acids is 2. The van der Waals surface area contributed by atoms with E-state index in [1.165, 1.54) is 0 Å². The molecule has 8 heteroatoms. The summed E-state index contributed by atoms with van der Waals surface area (Å²) in [7, 11) is -2.96. The molecule has 204 valence electrons. The Bertz CT molecular complexity index is 892. The van der Waals surface area contributed by atoms with Crippen LogP contribution in [0.15, 0.2) is 0 Å². The van der Waals surface area contributed by atoms with E-state index in [4.69, 9.17) is 0 Å². The minimum absolute atomic E-state index is 0.0576. The number of rotatable bonds is 9. The van der Waals surface area contributed by atoms with Crippen molar-refractivity contribution in [3.63, 3.8) is 0 Å². The number of carbonyl (C=O) groups is 2. The summed E-state index contributed by atoms with van der Waals surface area (Å²) in [5, 5.41) is 6.54. The molecule has 0 radical (unpaired) electrons. The van der Waals surface area contributed by atoms with E-state index in [9.17, 15) is 18.0 Å². The molecule has 0 aromatic heterocycles. The average molecular weight is 522 g/mol. The fourth-order valence-corrected chi connectivity index (χ4v) is 9.29. The Balaban J connectivity index is 1.04. The van der Waals surface area contributed by atoms with Crippen LogP contribution in [0.3, 0.4) is 0 Å². The highest BCUT2D eigenvalue weighted by molar-refractivity contribution is 7.92. The summed E-state index contributed by atoms with van der Waals surface area (Å²) in [6.45, 7) is 4.23. The first-order chi connectivity index (χ1) is 17.2. The third-order valence-corrected chi connectivity index (χ3v) is 12.2. The van der Waals surface area contributed by atoms with Gasteiger partial charge in [0, 0.05) is 36.5 Å². The molecule has 5 aliphatic rings. The fourth-order valence-electron chi connectivity index (χ4n) is 7.04. The van der Waals surface area contributed by atoms with Crippen molar-refractivity contribution in [3.05, 3.63) is 0 Å². The largest absolute Gasteiger partial charge is 0.353 e. The second-order valence-corrected chi connectivity index (χ2v) is 15.3. The number of amides is 2. The van der Waals surface area contributed by atoms with Crippen LogP contribution < -0.4 is 10.6 Å². The first-order valence-corrected chi connectivity index (χ1v) is 16.5. The Hall–Kier alpha value is -1.15. The molecular formula is C28H47N3O4S. The van der Waals surface area contributed by atoms with Gasteiger partial charge in [-0.15, -0.1) is 0 Å². The zero-order valence-corrected chi connectivity index (χ0v) is 23.0. The SMILES string of the molecule is CC1(N(C(=O)C2CCC(NC(=O)CC3CCC(S(=O)(=O)CC4CC4)CC3)CC2)C2CCCNC2)CC1. The highest BCUT2D eigenvalue weighted by Crippen LogP contribution is 2.45. The smallest absolute Gasteiger partial charge is 0.226 e. The van der Waals surface area contributed by atoms with Crippen LogP contribution in [0.5, 0.6) is 0 Å². The third-order valence-electron chi connectivity index (χ3n) is 9.81. The highest BCUT2D eigenvalue weighted by Gasteiger charge is 2.50. The van der Waals surface area contributed by atoms with Gasteiger partial charge in [0.25, 0.3) is 0 Å². The van der Waals surface area contributed by atoms with Crippen molar-refractivity contribution in [1.29, 1.82) is 0 Å². The number of sulfone groups is 1. The molecule has 1 aliphatic heterocycles. The van der Waals surface area contributed by atoms with Crippen molar-refractivity contribution in [2.45, 2.75) is 126 Å². The van der Waals surface area contributed by atoms with E-state index < -0.39 is 9.84 Å². The molecule has 1 heterocycles. The van der Waals surface area contributed by atoms with Crippen LogP contribution in [0.25, 0.3) is 0 Å². The molecule has 0 aromatic carbocycles. The zero-order valence-electron chi connectivity index (χ0n) is 22.2. The molecule has 5 rings (SSSR count). The van der Waals surface area contributed by atoms with Gasteiger partial charge in [0.2, 0.25) is 11.8 Å². The summed E-state index contributed by atoms with van der Waals surface area (Å²) in [5.74, 6) is 1.63. The Morgan fingerprint density at radius 2 is 1.58 bits per heavy atom. The van der Waals surface area contributed by atoms with Crippen LogP contribution in [0.4, 0.5) is 0 Å². The van der Waals surface area contributed by atoms with Gasteiger partial charge in [-0.05, 0) is 115 Å². The van der Waals surface area contributed by atoms with E-state index in [-0.39, 0.29) is 28.7 Å². The van der Waals surface area contributed by atoms with Crippen LogP contribution in [-0.2, 0) is 19.4 Å². The Morgan fingerprint density at radius 3 is 2.17 bits per heavy atom. The maximum atomic E-state index is 13.6. The maximum Gasteiger partial charge on any atom is 0.226 e. The number of nitrogens with zero attached hydrogens (tertiary/aromatic N) is 1.